The van der Waals surface area contributed by atoms with Gasteiger partial charge in [0.15, 0.2) is 0 Å². The summed E-state index contributed by atoms with van der Waals surface area (Å²) < 4.78 is 6.73. The molecular weight excluding hydrogens is 424 g/mol. The molecule has 0 amide bonds. The van der Waals surface area contributed by atoms with Crippen LogP contribution in [0.1, 0.15) is 69.8 Å². The highest BCUT2D eigenvalue weighted by molar-refractivity contribution is 6.21. The van der Waals surface area contributed by atoms with E-state index in [1.165, 1.54) is 63.5 Å². The van der Waals surface area contributed by atoms with E-state index in [4.69, 9.17) is 16.3 Å². The fourth-order valence-corrected chi connectivity index (χ4v) is 9.81. The van der Waals surface area contributed by atoms with E-state index in [1.807, 2.05) is 5.57 Å². The van der Waals surface area contributed by atoms with Gasteiger partial charge in [0.25, 0.3) is 0 Å². The fourth-order valence-electron chi connectivity index (χ4n) is 9.56. The number of ether oxygens (including phenoxy) is 1. The summed E-state index contributed by atoms with van der Waals surface area (Å²) >= 11 is 6.58. The highest BCUT2D eigenvalue weighted by atomic mass is 35.5. The Labute approximate surface area is 204 Å². The predicted octanol–water partition coefficient (Wildman–Crippen LogP) is 7.96. The molecule has 1 heterocycles. The summed E-state index contributed by atoms with van der Waals surface area (Å²) in [7, 11) is 0. The maximum Gasteiger partial charge on any atom is 0.102 e. The van der Waals surface area contributed by atoms with Gasteiger partial charge < -0.3 is 4.74 Å². The van der Waals surface area contributed by atoms with Crippen molar-refractivity contribution in [1.29, 1.82) is 0 Å². The van der Waals surface area contributed by atoms with Crippen molar-refractivity contribution in [2.45, 2.75) is 81.1 Å². The molecule has 0 bridgehead atoms. The third-order valence-electron chi connectivity index (χ3n) is 10.5. The predicted molar refractivity (Wildman–Crippen MR) is 135 cm³/mol. The van der Waals surface area contributed by atoms with Gasteiger partial charge in [-0.1, -0.05) is 54.1 Å². The molecule has 1 aliphatic heterocycles. The molecule has 8 unspecified atom stereocenters. The Kier molecular flexibility index (Phi) is 5.09. The molecule has 6 aliphatic rings. The van der Waals surface area contributed by atoms with Crippen molar-refractivity contribution < 1.29 is 4.74 Å². The van der Waals surface area contributed by atoms with E-state index in [0.29, 0.717) is 35.7 Å². The smallest absolute Gasteiger partial charge is 0.102 e. The van der Waals surface area contributed by atoms with Gasteiger partial charge in [0.05, 0.1) is 11.1 Å². The van der Waals surface area contributed by atoms with Crippen LogP contribution in [0.3, 0.4) is 0 Å². The van der Waals surface area contributed by atoms with Gasteiger partial charge in [-0.25, -0.2) is 0 Å². The number of rotatable bonds is 2. The number of fused-ring (bicyclic) bond motifs is 6. The molecule has 3 fully saturated rings. The van der Waals surface area contributed by atoms with Crippen LogP contribution in [-0.4, -0.2) is 11.5 Å². The Balaban J connectivity index is 1.43. The lowest BCUT2D eigenvalue weighted by Gasteiger charge is -2.53. The SMILES string of the molecule is ClC1C=C2OC3CCCC(C4(c5ccccc5)C5CCCC=C5C5CCC=C[C@@H]54)C3C2CC1. The van der Waals surface area contributed by atoms with Crippen molar-refractivity contribution in [2.75, 3.05) is 0 Å². The average Bonchev–Trinajstić information content (AvgIpc) is 3.38. The Hall–Kier alpha value is -1.47. The van der Waals surface area contributed by atoms with Gasteiger partial charge in [0.1, 0.15) is 6.10 Å². The van der Waals surface area contributed by atoms with E-state index in [-0.39, 0.29) is 10.8 Å². The van der Waals surface area contributed by atoms with Crippen molar-refractivity contribution >= 4 is 11.6 Å². The van der Waals surface area contributed by atoms with E-state index in [2.05, 4.69) is 54.6 Å². The minimum atomic E-state index is 0.156. The van der Waals surface area contributed by atoms with Gasteiger partial charge in [0, 0.05) is 17.3 Å². The van der Waals surface area contributed by atoms with Crippen LogP contribution in [0.2, 0.25) is 0 Å². The lowest BCUT2D eigenvalue weighted by molar-refractivity contribution is -0.000936. The van der Waals surface area contributed by atoms with Gasteiger partial charge in [0.2, 0.25) is 0 Å². The maximum atomic E-state index is 6.73. The van der Waals surface area contributed by atoms with Crippen molar-refractivity contribution in [2.24, 2.45) is 35.5 Å². The topological polar surface area (TPSA) is 9.23 Å². The first-order valence-electron chi connectivity index (χ1n) is 13.7. The molecule has 0 aromatic heterocycles. The number of hydrogen-bond acceptors (Lipinski definition) is 1. The maximum absolute atomic E-state index is 6.73. The minimum absolute atomic E-state index is 0.156. The Morgan fingerprint density at radius 1 is 0.879 bits per heavy atom. The largest absolute Gasteiger partial charge is 0.494 e. The third-order valence-corrected chi connectivity index (χ3v) is 10.8. The lowest BCUT2D eigenvalue weighted by Crippen LogP contribution is -2.52. The molecule has 1 aromatic rings. The van der Waals surface area contributed by atoms with Crippen LogP contribution >= 0.6 is 11.6 Å². The summed E-state index contributed by atoms with van der Waals surface area (Å²) in [5.41, 5.74) is 3.67. The van der Waals surface area contributed by atoms with E-state index in [0.717, 1.165) is 12.3 Å². The lowest BCUT2D eigenvalue weighted by atomic mass is 9.50. The zero-order chi connectivity index (χ0) is 22.0. The zero-order valence-electron chi connectivity index (χ0n) is 19.7. The van der Waals surface area contributed by atoms with Gasteiger partial charge in [-0.15, -0.1) is 11.6 Å². The van der Waals surface area contributed by atoms with Crippen molar-refractivity contribution in [3.63, 3.8) is 0 Å². The first-order chi connectivity index (χ1) is 16.3. The summed E-state index contributed by atoms with van der Waals surface area (Å²) in [5, 5.41) is 0.156. The molecule has 174 valence electrons. The Bertz CT molecular complexity index is 991. The van der Waals surface area contributed by atoms with E-state index >= 15 is 0 Å². The first kappa shape index (κ1) is 20.9. The average molecular weight is 461 g/mol. The molecule has 1 aromatic carbocycles. The molecule has 2 heteroatoms. The molecule has 7 rings (SSSR count). The molecule has 33 heavy (non-hydrogen) atoms. The van der Waals surface area contributed by atoms with E-state index < -0.39 is 0 Å². The summed E-state index contributed by atoms with van der Waals surface area (Å²) in [4.78, 5) is 0. The second kappa shape index (κ2) is 8.04. The van der Waals surface area contributed by atoms with Crippen LogP contribution in [0.25, 0.3) is 0 Å². The number of alkyl halides is 1. The molecule has 0 N–H and O–H groups in total. The molecule has 1 nitrogen and oxygen atoms in total. The second-order valence-electron chi connectivity index (χ2n) is 11.7. The normalized spacial score (nSPS) is 45.7. The van der Waals surface area contributed by atoms with Crippen molar-refractivity contribution in [3.05, 3.63) is 71.5 Å². The van der Waals surface area contributed by atoms with Gasteiger partial charge in [-0.3, -0.25) is 0 Å². The molecule has 1 saturated heterocycles. The van der Waals surface area contributed by atoms with Gasteiger partial charge in [-0.2, -0.15) is 0 Å². The van der Waals surface area contributed by atoms with Crippen LogP contribution in [0.5, 0.6) is 0 Å². The molecule has 0 spiro atoms. The second-order valence-corrected chi connectivity index (χ2v) is 12.2. The number of allylic oxidation sites excluding steroid dienone is 6. The quantitative estimate of drug-likeness (QED) is 0.321. The molecule has 2 saturated carbocycles. The highest BCUT2D eigenvalue weighted by Gasteiger charge is 2.65. The van der Waals surface area contributed by atoms with Crippen LogP contribution in [0.4, 0.5) is 0 Å². The summed E-state index contributed by atoms with van der Waals surface area (Å²) in [5.74, 6) is 5.25. The number of hydrogen-bond donors (Lipinski definition) is 0. The summed E-state index contributed by atoms with van der Waals surface area (Å²) in [6, 6.07) is 11.8. The standard InChI is InChI=1S/C31H37ClO/c32-21-17-18-24-29(19-21)33-28-16-8-15-27(30(24)28)31(20-9-2-1-3-10-20)25-13-6-4-11-22(25)23-12-5-7-14-26(23)31/h1-3,6,9-10,12-13,19,21-22,24-28,30H,4-5,7-8,11,14-18H2/t21?,22?,24?,25-,26?,27?,28?,30?,31?/m0/s1. The van der Waals surface area contributed by atoms with Crippen LogP contribution in [0, 0.1) is 35.5 Å². The molecule has 0 radical (unpaired) electrons. The Morgan fingerprint density at radius 3 is 2.70 bits per heavy atom. The molecular formula is C31H37ClO. The molecule has 9 atom stereocenters. The van der Waals surface area contributed by atoms with Crippen molar-refractivity contribution in [3.8, 4) is 0 Å². The van der Waals surface area contributed by atoms with E-state index in [1.54, 1.807) is 5.56 Å². The number of benzene rings is 1. The Morgan fingerprint density at radius 2 is 1.79 bits per heavy atom. The van der Waals surface area contributed by atoms with E-state index in [9.17, 15) is 0 Å². The van der Waals surface area contributed by atoms with Crippen LogP contribution in [0.15, 0.2) is 66.0 Å². The monoisotopic (exact) mass is 460 g/mol. The first-order valence-corrected chi connectivity index (χ1v) is 14.2. The zero-order valence-corrected chi connectivity index (χ0v) is 20.4. The third kappa shape index (κ3) is 2.97. The van der Waals surface area contributed by atoms with Crippen LogP contribution in [-0.2, 0) is 10.2 Å². The van der Waals surface area contributed by atoms with Gasteiger partial charge >= 0.3 is 0 Å². The van der Waals surface area contributed by atoms with Gasteiger partial charge in [-0.05, 0) is 99.5 Å². The van der Waals surface area contributed by atoms with Crippen molar-refractivity contribution in [1.82, 2.24) is 0 Å². The number of halogens is 1. The minimum Gasteiger partial charge on any atom is -0.494 e. The summed E-state index contributed by atoms with van der Waals surface area (Å²) in [6.07, 6.45) is 23.3. The fraction of sp³-hybridized carbons (Fsp3) is 0.613. The molecule has 5 aliphatic carbocycles. The summed E-state index contributed by atoms with van der Waals surface area (Å²) in [6.45, 7) is 0. The highest BCUT2D eigenvalue weighted by Crippen LogP contribution is 2.68. The van der Waals surface area contributed by atoms with Crippen LogP contribution < -0.4 is 0 Å².